The molecule has 0 saturated carbocycles. The third-order valence-electron chi connectivity index (χ3n) is 1.36. The van der Waals surface area contributed by atoms with E-state index in [4.69, 9.17) is 0 Å². The molecule has 1 aromatic heterocycles. The minimum Gasteiger partial charge on any atom is -0.364 e. The van der Waals surface area contributed by atoms with Crippen LogP contribution in [0.15, 0.2) is 10.8 Å². The Hall–Kier alpha value is -1.32. The quantitative estimate of drug-likeness (QED) is 0.597. The molecule has 4 heteroatoms. The Morgan fingerprint density at radius 3 is 2.64 bits per heavy atom. The van der Waals surface area contributed by atoms with Gasteiger partial charge in [-0.2, -0.15) is 0 Å². The molecule has 0 atom stereocenters. The van der Waals surface area contributed by atoms with Crippen LogP contribution in [0.5, 0.6) is 0 Å². The number of hydrogen-bond donors (Lipinski definition) is 0. The Morgan fingerprint density at radius 2 is 2.27 bits per heavy atom. The number of aryl methyl sites for hydroxylation is 1. The van der Waals surface area contributed by atoms with Crippen molar-refractivity contribution in [3.05, 3.63) is 17.5 Å². The summed E-state index contributed by atoms with van der Waals surface area (Å²) in [4.78, 5) is 12.7. The van der Waals surface area contributed by atoms with E-state index in [9.17, 15) is 4.79 Å². The maximum atomic E-state index is 11.2. The van der Waals surface area contributed by atoms with Gasteiger partial charge in [0.05, 0.1) is 0 Å². The molecule has 0 spiro atoms. The van der Waals surface area contributed by atoms with E-state index in [1.165, 1.54) is 11.2 Å². The standard InChI is InChI=1S/C7H10N2O2/c1-5-4-11-8-6(5)7(10)9(2)3/h4H,1-3H3. The van der Waals surface area contributed by atoms with Gasteiger partial charge in [-0.1, -0.05) is 5.16 Å². The van der Waals surface area contributed by atoms with Gasteiger partial charge >= 0.3 is 0 Å². The maximum Gasteiger partial charge on any atom is 0.275 e. The topological polar surface area (TPSA) is 46.3 Å². The Balaban J connectivity index is 2.93. The predicted octanol–water partition coefficient (Wildman–Crippen LogP) is 0.685. The smallest absolute Gasteiger partial charge is 0.275 e. The molecule has 0 aromatic carbocycles. The fourth-order valence-corrected chi connectivity index (χ4v) is 0.705. The van der Waals surface area contributed by atoms with E-state index >= 15 is 0 Å². The van der Waals surface area contributed by atoms with Crippen LogP contribution in [0.1, 0.15) is 16.1 Å². The molecule has 1 heterocycles. The van der Waals surface area contributed by atoms with Gasteiger partial charge in [-0.05, 0) is 6.92 Å². The van der Waals surface area contributed by atoms with E-state index in [1.807, 2.05) is 0 Å². The van der Waals surface area contributed by atoms with Gasteiger partial charge < -0.3 is 9.42 Å². The molecule has 0 saturated heterocycles. The molecule has 0 fully saturated rings. The van der Waals surface area contributed by atoms with Crippen LogP contribution in [0.2, 0.25) is 0 Å². The molecular formula is C7H10N2O2. The van der Waals surface area contributed by atoms with Gasteiger partial charge in [-0.15, -0.1) is 0 Å². The highest BCUT2D eigenvalue weighted by molar-refractivity contribution is 5.92. The van der Waals surface area contributed by atoms with Crippen molar-refractivity contribution in [2.24, 2.45) is 0 Å². The summed E-state index contributed by atoms with van der Waals surface area (Å²) < 4.78 is 4.62. The molecule has 60 valence electrons. The van der Waals surface area contributed by atoms with Crippen molar-refractivity contribution in [2.45, 2.75) is 6.92 Å². The van der Waals surface area contributed by atoms with Gasteiger partial charge in [-0.3, -0.25) is 4.79 Å². The van der Waals surface area contributed by atoms with Crippen LogP contribution in [0.3, 0.4) is 0 Å². The van der Waals surface area contributed by atoms with Crippen molar-refractivity contribution in [1.82, 2.24) is 10.1 Å². The predicted molar refractivity (Wildman–Crippen MR) is 39.3 cm³/mol. The molecule has 1 amide bonds. The molecule has 0 aliphatic rings. The monoisotopic (exact) mass is 154 g/mol. The Morgan fingerprint density at radius 1 is 1.64 bits per heavy atom. The highest BCUT2D eigenvalue weighted by atomic mass is 16.5. The summed E-state index contributed by atoms with van der Waals surface area (Å²) in [6.45, 7) is 1.78. The Kier molecular flexibility index (Phi) is 1.94. The van der Waals surface area contributed by atoms with E-state index in [2.05, 4.69) is 9.68 Å². The number of nitrogens with zero attached hydrogens (tertiary/aromatic N) is 2. The van der Waals surface area contributed by atoms with Crippen molar-refractivity contribution in [2.75, 3.05) is 14.1 Å². The van der Waals surface area contributed by atoms with E-state index < -0.39 is 0 Å². The first-order valence-corrected chi connectivity index (χ1v) is 3.25. The number of amides is 1. The minimum absolute atomic E-state index is 0.128. The largest absolute Gasteiger partial charge is 0.364 e. The molecule has 1 rings (SSSR count). The third kappa shape index (κ3) is 1.39. The average Bonchev–Trinajstić information content (AvgIpc) is 2.33. The molecule has 0 bridgehead atoms. The summed E-state index contributed by atoms with van der Waals surface area (Å²) in [5, 5.41) is 3.57. The van der Waals surface area contributed by atoms with Crippen LogP contribution < -0.4 is 0 Å². The first-order valence-electron chi connectivity index (χ1n) is 3.25. The summed E-state index contributed by atoms with van der Waals surface area (Å²) in [6.07, 6.45) is 1.46. The second kappa shape index (κ2) is 2.74. The highest BCUT2D eigenvalue weighted by Gasteiger charge is 2.14. The number of carbonyl (C=O) groups excluding carboxylic acids is 1. The van der Waals surface area contributed by atoms with Crippen molar-refractivity contribution < 1.29 is 9.32 Å². The fraction of sp³-hybridized carbons (Fsp3) is 0.429. The molecule has 1 aromatic rings. The van der Waals surface area contributed by atoms with Crippen LogP contribution >= 0.6 is 0 Å². The lowest BCUT2D eigenvalue weighted by Crippen LogP contribution is -2.22. The maximum absolute atomic E-state index is 11.2. The normalized spacial score (nSPS) is 9.73. The van der Waals surface area contributed by atoms with Gasteiger partial charge in [0.25, 0.3) is 5.91 Å². The van der Waals surface area contributed by atoms with Crippen LogP contribution in [-0.2, 0) is 0 Å². The highest BCUT2D eigenvalue weighted by Crippen LogP contribution is 2.05. The lowest BCUT2D eigenvalue weighted by Gasteiger charge is -2.06. The number of rotatable bonds is 1. The molecular weight excluding hydrogens is 144 g/mol. The second-order valence-corrected chi connectivity index (χ2v) is 2.55. The minimum atomic E-state index is -0.128. The summed E-state index contributed by atoms with van der Waals surface area (Å²) >= 11 is 0. The lowest BCUT2D eigenvalue weighted by atomic mass is 10.2. The first-order chi connectivity index (χ1) is 5.13. The fourth-order valence-electron chi connectivity index (χ4n) is 0.705. The van der Waals surface area contributed by atoms with Crippen LogP contribution in [-0.4, -0.2) is 30.1 Å². The number of hydrogen-bond acceptors (Lipinski definition) is 3. The second-order valence-electron chi connectivity index (χ2n) is 2.55. The Bertz CT molecular complexity index is 265. The summed E-state index contributed by atoms with van der Waals surface area (Å²) in [7, 11) is 3.35. The van der Waals surface area contributed by atoms with Crippen molar-refractivity contribution in [3.8, 4) is 0 Å². The molecule has 0 aliphatic heterocycles. The molecule has 11 heavy (non-hydrogen) atoms. The number of carbonyl (C=O) groups is 1. The SMILES string of the molecule is Cc1conc1C(=O)N(C)C. The van der Waals surface area contributed by atoms with E-state index in [-0.39, 0.29) is 5.91 Å². The van der Waals surface area contributed by atoms with Gasteiger partial charge in [0, 0.05) is 19.7 Å². The summed E-state index contributed by atoms with van der Waals surface area (Å²) in [5.74, 6) is -0.128. The zero-order chi connectivity index (χ0) is 8.43. The lowest BCUT2D eigenvalue weighted by molar-refractivity contribution is 0.0817. The van der Waals surface area contributed by atoms with E-state index in [0.717, 1.165) is 5.56 Å². The molecule has 0 unspecified atom stereocenters. The zero-order valence-electron chi connectivity index (χ0n) is 6.79. The van der Waals surface area contributed by atoms with Crippen LogP contribution in [0.4, 0.5) is 0 Å². The number of aromatic nitrogens is 1. The van der Waals surface area contributed by atoms with Gasteiger partial charge in [0.1, 0.15) is 6.26 Å². The van der Waals surface area contributed by atoms with E-state index in [0.29, 0.717) is 5.69 Å². The van der Waals surface area contributed by atoms with Crippen molar-refractivity contribution in [1.29, 1.82) is 0 Å². The Labute approximate surface area is 64.8 Å². The van der Waals surface area contributed by atoms with Crippen molar-refractivity contribution in [3.63, 3.8) is 0 Å². The van der Waals surface area contributed by atoms with Crippen LogP contribution in [0.25, 0.3) is 0 Å². The van der Waals surface area contributed by atoms with Gasteiger partial charge in [-0.25, -0.2) is 0 Å². The zero-order valence-corrected chi connectivity index (χ0v) is 6.79. The molecule has 0 aliphatic carbocycles. The molecule has 0 radical (unpaired) electrons. The third-order valence-corrected chi connectivity index (χ3v) is 1.36. The molecule has 4 nitrogen and oxygen atoms in total. The molecule has 0 N–H and O–H groups in total. The van der Waals surface area contributed by atoms with Crippen molar-refractivity contribution >= 4 is 5.91 Å². The first kappa shape index (κ1) is 7.78. The average molecular weight is 154 g/mol. The van der Waals surface area contributed by atoms with Crippen LogP contribution in [0, 0.1) is 6.92 Å². The van der Waals surface area contributed by atoms with E-state index in [1.54, 1.807) is 21.0 Å². The van der Waals surface area contributed by atoms with Gasteiger partial charge in [0.2, 0.25) is 0 Å². The summed E-state index contributed by atoms with van der Waals surface area (Å²) in [5.41, 5.74) is 1.15. The summed E-state index contributed by atoms with van der Waals surface area (Å²) in [6, 6.07) is 0. The van der Waals surface area contributed by atoms with Gasteiger partial charge in [0.15, 0.2) is 5.69 Å².